The Balaban J connectivity index is 2.27. The molecule has 5 heteroatoms. The minimum Gasteiger partial charge on any atom is -0.465 e. The van der Waals surface area contributed by atoms with E-state index in [2.05, 4.69) is 9.97 Å². The highest BCUT2D eigenvalue weighted by Crippen LogP contribution is 2.29. The number of nitrogens with zero attached hydrogens (tertiary/aromatic N) is 2. The Labute approximate surface area is 116 Å². The van der Waals surface area contributed by atoms with Crippen LogP contribution in [0.4, 0.5) is 0 Å². The Morgan fingerprint density at radius 1 is 1.32 bits per heavy atom. The van der Waals surface area contributed by atoms with E-state index in [9.17, 15) is 4.79 Å². The van der Waals surface area contributed by atoms with Gasteiger partial charge in [-0.2, -0.15) is 0 Å². The van der Waals surface area contributed by atoms with E-state index in [-0.39, 0.29) is 11.2 Å². The molecule has 1 aromatic heterocycles. The van der Waals surface area contributed by atoms with Gasteiger partial charge in [-0.05, 0) is 19.4 Å². The molecule has 0 saturated heterocycles. The second kappa shape index (κ2) is 6.52. The van der Waals surface area contributed by atoms with Gasteiger partial charge >= 0.3 is 5.97 Å². The maximum Gasteiger partial charge on any atom is 0.319 e. The number of carbonyl (C=O) groups excluding carboxylic acids is 1. The van der Waals surface area contributed by atoms with Gasteiger partial charge in [-0.15, -0.1) is 0 Å². The minimum absolute atomic E-state index is 0.183. The summed E-state index contributed by atoms with van der Waals surface area (Å²) in [5.41, 5.74) is 0.888. The molecule has 1 aromatic carbocycles. The van der Waals surface area contributed by atoms with Crippen molar-refractivity contribution >= 4 is 28.6 Å². The SMILES string of the molecule is CCOC(=O)C(CC)Sc1ncnc2ccccc12. The Bertz CT molecular complexity index is 569. The Hall–Kier alpha value is -1.62. The van der Waals surface area contributed by atoms with Gasteiger partial charge in [0.05, 0.1) is 12.1 Å². The van der Waals surface area contributed by atoms with Crippen LogP contribution in [0.2, 0.25) is 0 Å². The van der Waals surface area contributed by atoms with Crippen LogP contribution in [-0.2, 0) is 9.53 Å². The van der Waals surface area contributed by atoms with Crippen LogP contribution in [0.1, 0.15) is 20.3 Å². The zero-order valence-electron chi connectivity index (χ0n) is 11.0. The first kappa shape index (κ1) is 13.8. The number of ether oxygens (including phenoxy) is 1. The van der Waals surface area contributed by atoms with Crippen LogP contribution in [0, 0.1) is 0 Å². The average molecular weight is 276 g/mol. The van der Waals surface area contributed by atoms with Crippen LogP contribution in [0.25, 0.3) is 10.9 Å². The van der Waals surface area contributed by atoms with Gasteiger partial charge in [0.1, 0.15) is 16.6 Å². The molecular formula is C14H16N2O2S. The summed E-state index contributed by atoms with van der Waals surface area (Å²) < 4.78 is 5.08. The Morgan fingerprint density at radius 2 is 2.11 bits per heavy atom. The fraction of sp³-hybridized carbons (Fsp3) is 0.357. The molecule has 100 valence electrons. The zero-order valence-corrected chi connectivity index (χ0v) is 11.8. The highest BCUT2D eigenvalue weighted by Gasteiger charge is 2.20. The molecule has 0 fully saturated rings. The second-order valence-corrected chi connectivity index (χ2v) is 5.15. The van der Waals surface area contributed by atoms with Gasteiger partial charge in [0.25, 0.3) is 0 Å². The van der Waals surface area contributed by atoms with E-state index >= 15 is 0 Å². The molecule has 4 nitrogen and oxygen atoms in total. The third kappa shape index (κ3) is 3.23. The highest BCUT2D eigenvalue weighted by atomic mass is 32.2. The third-order valence-electron chi connectivity index (χ3n) is 2.68. The van der Waals surface area contributed by atoms with E-state index < -0.39 is 0 Å². The number of para-hydroxylation sites is 1. The highest BCUT2D eigenvalue weighted by molar-refractivity contribution is 8.00. The van der Waals surface area contributed by atoms with Crippen molar-refractivity contribution in [1.29, 1.82) is 0 Å². The summed E-state index contributed by atoms with van der Waals surface area (Å²) in [7, 11) is 0. The molecule has 0 spiro atoms. The molecule has 0 radical (unpaired) electrons. The summed E-state index contributed by atoms with van der Waals surface area (Å²) in [6, 6.07) is 7.79. The number of hydrogen-bond acceptors (Lipinski definition) is 5. The predicted molar refractivity (Wildman–Crippen MR) is 76.1 cm³/mol. The maximum atomic E-state index is 11.8. The average Bonchev–Trinajstić information content (AvgIpc) is 2.45. The monoisotopic (exact) mass is 276 g/mol. The van der Waals surface area contributed by atoms with E-state index in [0.717, 1.165) is 15.9 Å². The summed E-state index contributed by atoms with van der Waals surface area (Å²) >= 11 is 1.44. The molecule has 2 rings (SSSR count). The predicted octanol–water partition coefficient (Wildman–Crippen LogP) is 3.06. The normalized spacial score (nSPS) is 12.3. The molecule has 19 heavy (non-hydrogen) atoms. The molecule has 0 aliphatic carbocycles. The number of hydrogen-bond donors (Lipinski definition) is 0. The van der Waals surface area contributed by atoms with Crippen LogP contribution in [-0.4, -0.2) is 27.8 Å². The van der Waals surface area contributed by atoms with Crippen molar-refractivity contribution in [2.45, 2.75) is 30.5 Å². The molecular weight excluding hydrogens is 260 g/mol. The first-order valence-corrected chi connectivity index (χ1v) is 7.17. The summed E-state index contributed by atoms with van der Waals surface area (Å²) in [5, 5.41) is 1.57. The van der Waals surface area contributed by atoms with Crippen molar-refractivity contribution in [2.75, 3.05) is 6.61 Å². The smallest absolute Gasteiger partial charge is 0.319 e. The van der Waals surface area contributed by atoms with Crippen molar-refractivity contribution < 1.29 is 9.53 Å². The molecule has 0 bridgehead atoms. The molecule has 1 atom stereocenters. The largest absolute Gasteiger partial charge is 0.465 e. The fourth-order valence-electron chi connectivity index (χ4n) is 1.74. The van der Waals surface area contributed by atoms with Crippen molar-refractivity contribution in [3.05, 3.63) is 30.6 Å². The molecule has 2 aromatic rings. The molecule has 0 saturated carbocycles. The van der Waals surface area contributed by atoms with E-state index in [4.69, 9.17) is 4.74 Å². The fourth-order valence-corrected chi connectivity index (χ4v) is 2.75. The summed E-state index contributed by atoms with van der Waals surface area (Å²) in [6.07, 6.45) is 2.24. The van der Waals surface area contributed by atoms with E-state index in [1.807, 2.05) is 38.1 Å². The molecule has 0 amide bonds. The standard InChI is InChI=1S/C14H16N2O2S/c1-3-12(14(17)18-4-2)19-13-10-7-5-6-8-11(10)15-9-16-13/h5-9,12H,3-4H2,1-2H3. The molecule has 0 aliphatic rings. The lowest BCUT2D eigenvalue weighted by molar-refractivity contribution is -0.142. The molecule has 1 heterocycles. The van der Waals surface area contributed by atoms with Crippen LogP contribution in [0.5, 0.6) is 0 Å². The van der Waals surface area contributed by atoms with Crippen molar-refractivity contribution in [3.63, 3.8) is 0 Å². The van der Waals surface area contributed by atoms with Crippen molar-refractivity contribution in [3.8, 4) is 0 Å². The Morgan fingerprint density at radius 3 is 2.84 bits per heavy atom. The number of fused-ring (bicyclic) bond motifs is 1. The second-order valence-electron chi connectivity index (χ2n) is 3.96. The van der Waals surface area contributed by atoms with E-state index in [1.54, 1.807) is 0 Å². The first-order valence-electron chi connectivity index (χ1n) is 6.29. The van der Waals surface area contributed by atoms with Crippen LogP contribution >= 0.6 is 11.8 Å². The molecule has 0 N–H and O–H groups in total. The quantitative estimate of drug-likeness (QED) is 0.477. The first-order chi connectivity index (χ1) is 9.26. The van der Waals surface area contributed by atoms with Crippen LogP contribution in [0.15, 0.2) is 35.6 Å². The van der Waals surface area contributed by atoms with Gasteiger partial charge in [0, 0.05) is 5.39 Å². The third-order valence-corrected chi connectivity index (χ3v) is 4.04. The van der Waals surface area contributed by atoms with E-state index in [1.165, 1.54) is 18.1 Å². The zero-order chi connectivity index (χ0) is 13.7. The van der Waals surface area contributed by atoms with Gasteiger partial charge in [-0.3, -0.25) is 4.79 Å². The number of thioether (sulfide) groups is 1. The van der Waals surface area contributed by atoms with Gasteiger partial charge in [0.2, 0.25) is 0 Å². The topological polar surface area (TPSA) is 52.1 Å². The van der Waals surface area contributed by atoms with Crippen molar-refractivity contribution in [2.24, 2.45) is 0 Å². The number of esters is 1. The van der Waals surface area contributed by atoms with Gasteiger partial charge in [-0.1, -0.05) is 36.9 Å². The Kier molecular flexibility index (Phi) is 4.74. The lowest BCUT2D eigenvalue weighted by Gasteiger charge is -2.13. The summed E-state index contributed by atoms with van der Waals surface area (Å²) in [4.78, 5) is 20.3. The number of benzene rings is 1. The van der Waals surface area contributed by atoms with Crippen LogP contribution < -0.4 is 0 Å². The lowest BCUT2D eigenvalue weighted by atomic mass is 10.2. The summed E-state index contributed by atoms with van der Waals surface area (Å²) in [5.74, 6) is -0.183. The van der Waals surface area contributed by atoms with Crippen LogP contribution in [0.3, 0.4) is 0 Å². The molecule has 0 aliphatic heterocycles. The lowest BCUT2D eigenvalue weighted by Crippen LogP contribution is -2.19. The molecule has 1 unspecified atom stereocenters. The maximum absolute atomic E-state index is 11.8. The van der Waals surface area contributed by atoms with Crippen molar-refractivity contribution in [1.82, 2.24) is 9.97 Å². The van der Waals surface area contributed by atoms with Gasteiger partial charge in [-0.25, -0.2) is 9.97 Å². The van der Waals surface area contributed by atoms with E-state index in [0.29, 0.717) is 13.0 Å². The number of aromatic nitrogens is 2. The van der Waals surface area contributed by atoms with Gasteiger partial charge < -0.3 is 4.74 Å². The number of rotatable bonds is 5. The number of carbonyl (C=O) groups is 1. The van der Waals surface area contributed by atoms with Gasteiger partial charge in [0.15, 0.2) is 0 Å². The minimum atomic E-state index is -0.224. The summed E-state index contributed by atoms with van der Waals surface area (Å²) in [6.45, 7) is 4.19.